The molecule has 0 spiro atoms. The first-order valence-corrected chi connectivity index (χ1v) is 7.30. The van der Waals surface area contributed by atoms with Crippen molar-refractivity contribution in [3.63, 3.8) is 0 Å². The highest BCUT2D eigenvalue weighted by molar-refractivity contribution is 5.54. The van der Waals surface area contributed by atoms with Crippen molar-refractivity contribution in [1.29, 1.82) is 0 Å². The lowest BCUT2D eigenvalue weighted by Crippen LogP contribution is -2.42. The van der Waals surface area contributed by atoms with Gasteiger partial charge in [0.1, 0.15) is 5.82 Å². The molecule has 1 saturated heterocycles. The van der Waals surface area contributed by atoms with Gasteiger partial charge in [-0.2, -0.15) is 0 Å². The fourth-order valence-electron chi connectivity index (χ4n) is 3.54. The molecule has 3 rings (SSSR count). The second-order valence-corrected chi connectivity index (χ2v) is 5.73. The highest BCUT2D eigenvalue weighted by Crippen LogP contribution is 2.36. The molecule has 1 aliphatic carbocycles. The molecular formula is C15H23N3. The maximum Gasteiger partial charge on any atom is 0.127 e. The molecular weight excluding hydrogens is 222 g/mol. The first-order chi connectivity index (χ1) is 8.85. The molecule has 3 nitrogen and oxygen atoms in total. The van der Waals surface area contributed by atoms with Gasteiger partial charge in [0.2, 0.25) is 0 Å². The van der Waals surface area contributed by atoms with E-state index in [1.807, 2.05) is 6.20 Å². The van der Waals surface area contributed by atoms with Crippen LogP contribution in [0.15, 0.2) is 18.3 Å². The Morgan fingerprint density at radius 1 is 1.33 bits per heavy atom. The maximum atomic E-state index is 4.36. The van der Waals surface area contributed by atoms with Crippen LogP contribution in [0.4, 0.5) is 11.5 Å². The Bertz CT molecular complexity index is 392. The summed E-state index contributed by atoms with van der Waals surface area (Å²) in [6.07, 6.45) is 7.69. The van der Waals surface area contributed by atoms with E-state index in [4.69, 9.17) is 0 Å². The number of nitrogens with zero attached hydrogens (tertiary/aromatic N) is 2. The van der Waals surface area contributed by atoms with Gasteiger partial charge in [-0.1, -0.05) is 6.42 Å². The summed E-state index contributed by atoms with van der Waals surface area (Å²) in [6.45, 7) is 5.53. The van der Waals surface area contributed by atoms with E-state index in [1.54, 1.807) is 0 Å². The van der Waals surface area contributed by atoms with Crippen molar-refractivity contribution in [2.45, 2.75) is 32.6 Å². The van der Waals surface area contributed by atoms with Crippen molar-refractivity contribution >= 4 is 11.5 Å². The predicted octanol–water partition coefficient (Wildman–Crippen LogP) is 3.14. The van der Waals surface area contributed by atoms with Crippen LogP contribution in [0.25, 0.3) is 0 Å². The molecule has 1 N–H and O–H groups in total. The number of piperidine rings is 1. The van der Waals surface area contributed by atoms with Crippen LogP contribution >= 0.6 is 0 Å². The Morgan fingerprint density at radius 2 is 2.11 bits per heavy atom. The maximum absolute atomic E-state index is 4.36. The summed E-state index contributed by atoms with van der Waals surface area (Å²) < 4.78 is 0. The molecule has 1 aromatic heterocycles. The lowest BCUT2D eigenvalue weighted by Gasteiger charge is -2.42. The Kier molecular flexibility index (Phi) is 3.39. The van der Waals surface area contributed by atoms with Crippen LogP contribution in [0.2, 0.25) is 0 Å². The minimum absolute atomic E-state index is 0.924. The Labute approximate surface area is 110 Å². The minimum atomic E-state index is 0.924. The number of pyridine rings is 1. The lowest BCUT2D eigenvalue weighted by molar-refractivity contribution is 0.231. The van der Waals surface area contributed by atoms with Gasteiger partial charge in [-0.15, -0.1) is 0 Å². The molecule has 1 aliphatic heterocycles. The van der Waals surface area contributed by atoms with Gasteiger partial charge >= 0.3 is 0 Å². The van der Waals surface area contributed by atoms with Crippen molar-refractivity contribution < 1.29 is 0 Å². The van der Waals surface area contributed by atoms with E-state index >= 15 is 0 Å². The Morgan fingerprint density at radius 3 is 2.83 bits per heavy atom. The van der Waals surface area contributed by atoms with E-state index in [0.29, 0.717) is 0 Å². The molecule has 2 bridgehead atoms. The van der Waals surface area contributed by atoms with Crippen LogP contribution in [0.3, 0.4) is 0 Å². The van der Waals surface area contributed by atoms with E-state index in [9.17, 15) is 0 Å². The van der Waals surface area contributed by atoms with Crippen molar-refractivity contribution in [2.24, 2.45) is 11.8 Å². The fourth-order valence-corrected chi connectivity index (χ4v) is 3.54. The summed E-state index contributed by atoms with van der Waals surface area (Å²) in [6, 6.07) is 4.35. The van der Waals surface area contributed by atoms with Crippen molar-refractivity contribution in [1.82, 2.24) is 4.98 Å². The molecule has 0 radical (unpaired) electrons. The zero-order valence-corrected chi connectivity index (χ0v) is 11.2. The number of aromatic nitrogens is 1. The number of anilines is 2. The van der Waals surface area contributed by atoms with E-state index in [0.717, 1.165) is 24.2 Å². The molecule has 1 saturated carbocycles. The summed E-state index contributed by atoms with van der Waals surface area (Å²) in [4.78, 5) is 6.93. The molecule has 2 aliphatic rings. The van der Waals surface area contributed by atoms with Gasteiger partial charge in [0.15, 0.2) is 0 Å². The molecule has 2 atom stereocenters. The van der Waals surface area contributed by atoms with Gasteiger partial charge in [0, 0.05) is 37.6 Å². The van der Waals surface area contributed by atoms with Crippen LogP contribution < -0.4 is 10.2 Å². The summed E-state index contributed by atoms with van der Waals surface area (Å²) >= 11 is 0. The highest BCUT2D eigenvalue weighted by Gasteiger charge is 2.30. The third kappa shape index (κ3) is 2.45. The zero-order valence-electron chi connectivity index (χ0n) is 11.2. The largest absolute Gasteiger partial charge is 0.371 e. The molecule has 0 amide bonds. The molecule has 3 heteroatoms. The molecule has 1 aromatic rings. The average molecular weight is 245 g/mol. The second kappa shape index (κ2) is 5.17. The van der Waals surface area contributed by atoms with Gasteiger partial charge in [-0.05, 0) is 44.1 Å². The highest BCUT2D eigenvalue weighted by atomic mass is 15.1. The zero-order chi connectivity index (χ0) is 12.4. The lowest BCUT2D eigenvalue weighted by atomic mass is 9.78. The van der Waals surface area contributed by atoms with Gasteiger partial charge in [0.05, 0.1) is 0 Å². The van der Waals surface area contributed by atoms with E-state index in [2.05, 4.69) is 34.3 Å². The topological polar surface area (TPSA) is 28.2 Å². The number of rotatable bonds is 3. The van der Waals surface area contributed by atoms with Crippen molar-refractivity contribution in [3.05, 3.63) is 18.3 Å². The number of hydrogen-bond donors (Lipinski definition) is 1. The quantitative estimate of drug-likeness (QED) is 0.886. The smallest absolute Gasteiger partial charge is 0.127 e. The van der Waals surface area contributed by atoms with Gasteiger partial charge in [-0.25, -0.2) is 4.98 Å². The van der Waals surface area contributed by atoms with E-state index in [1.165, 1.54) is 44.5 Å². The van der Waals surface area contributed by atoms with E-state index < -0.39 is 0 Å². The van der Waals surface area contributed by atoms with Crippen LogP contribution in [-0.4, -0.2) is 24.6 Å². The number of nitrogens with one attached hydrogen (secondary N) is 1. The Hall–Kier alpha value is -1.25. The molecule has 2 heterocycles. The summed E-state index contributed by atoms with van der Waals surface area (Å²) in [5.41, 5.74) is 1.34. The molecule has 2 unspecified atom stereocenters. The SMILES string of the molecule is CCNc1cc(N2CC3CCCC(C3)C2)ccn1. The van der Waals surface area contributed by atoms with E-state index in [-0.39, 0.29) is 0 Å². The van der Waals surface area contributed by atoms with Crippen LogP contribution in [0.5, 0.6) is 0 Å². The first-order valence-electron chi connectivity index (χ1n) is 7.30. The standard InChI is InChI=1S/C15H23N3/c1-2-16-15-9-14(6-7-17-15)18-10-12-4-3-5-13(8-12)11-18/h6-7,9,12-13H,2-5,8,10-11H2,1H3,(H,16,17). The predicted molar refractivity (Wildman–Crippen MR) is 76.1 cm³/mol. The number of hydrogen-bond acceptors (Lipinski definition) is 3. The summed E-state index contributed by atoms with van der Waals surface area (Å²) in [7, 11) is 0. The third-order valence-corrected chi connectivity index (χ3v) is 4.32. The van der Waals surface area contributed by atoms with Gasteiger partial charge < -0.3 is 10.2 Å². The van der Waals surface area contributed by atoms with Gasteiger partial charge in [0.25, 0.3) is 0 Å². The second-order valence-electron chi connectivity index (χ2n) is 5.73. The molecule has 0 aromatic carbocycles. The normalized spacial score (nSPS) is 27.1. The fraction of sp³-hybridized carbons (Fsp3) is 0.667. The molecule has 18 heavy (non-hydrogen) atoms. The van der Waals surface area contributed by atoms with Gasteiger partial charge in [-0.3, -0.25) is 0 Å². The third-order valence-electron chi connectivity index (χ3n) is 4.32. The minimum Gasteiger partial charge on any atom is -0.371 e. The van der Waals surface area contributed by atoms with Crippen molar-refractivity contribution in [2.75, 3.05) is 29.9 Å². The Balaban J connectivity index is 1.75. The van der Waals surface area contributed by atoms with Crippen molar-refractivity contribution in [3.8, 4) is 0 Å². The molecule has 2 fully saturated rings. The van der Waals surface area contributed by atoms with Crippen LogP contribution in [0.1, 0.15) is 32.6 Å². The summed E-state index contributed by atoms with van der Waals surface area (Å²) in [5, 5.41) is 3.30. The molecule has 98 valence electrons. The van der Waals surface area contributed by atoms with Crippen LogP contribution in [-0.2, 0) is 0 Å². The van der Waals surface area contributed by atoms with Crippen LogP contribution in [0, 0.1) is 11.8 Å². The first kappa shape index (κ1) is 11.8. The number of fused-ring (bicyclic) bond motifs is 2. The summed E-state index contributed by atoms with van der Waals surface area (Å²) in [5.74, 6) is 2.85. The average Bonchev–Trinajstić information content (AvgIpc) is 2.39. The monoisotopic (exact) mass is 245 g/mol.